The van der Waals surface area contributed by atoms with Gasteiger partial charge in [0.2, 0.25) is 5.58 Å². The number of carbonyl (C=O) groups excluding carboxylic acids is 1. The Morgan fingerprint density at radius 2 is 1.68 bits per heavy atom. The third kappa shape index (κ3) is 6.91. The first-order valence-corrected chi connectivity index (χ1v) is 11.7. The minimum atomic E-state index is -0.861. The Kier molecular flexibility index (Phi) is 9.20. The number of ether oxygens (including phenoxy) is 1. The van der Waals surface area contributed by atoms with Crippen molar-refractivity contribution in [3.63, 3.8) is 0 Å². The molecule has 0 fully saturated rings. The van der Waals surface area contributed by atoms with Crippen molar-refractivity contribution >= 4 is 28.3 Å². The molecule has 8 nitrogen and oxygen atoms in total. The Balaban J connectivity index is 1.51. The van der Waals surface area contributed by atoms with Gasteiger partial charge in [0, 0.05) is 17.0 Å². The van der Waals surface area contributed by atoms with Crippen LogP contribution in [-0.2, 0) is 0 Å². The summed E-state index contributed by atoms with van der Waals surface area (Å²) in [6, 6.07) is 12.3. The molecule has 0 saturated carbocycles. The molecule has 0 aliphatic carbocycles. The third-order valence-electron chi connectivity index (χ3n) is 5.57. The standard InChI is InChI=1S/C26H30N2O6/c1-2-3-4-5-6-7-8-9-17-33-21-15-13-19(14-16-21)25(29)27-22-18-20-11-10-12-23(28(31)32)24(20)34-26(22)30/h10-16,18H,2-9,17H2,1H3,(H,27,29). The minimum Gasteiger partial charge on any atom is -0.494 e. The second-order valence-corrected chi connectivity index (χ2v) is 8.20. The van der Waals surface area contributed by atoms with Crippen LogP contribution in [0.2, 0.25) is 0 Å². The molecule has 0 aliphatic rings. The van der Waals surface area contributed by atoms with E-state index in [4.69, 9.17) is 9.15 Å². The number of hydrogen-bond acceptors (Lipinski definition) is 6. The summed E-state index contributed by atoms with van der Waals surface area (Å²) in [7, 11) is 0. The van der Waals surface area contributed by atoms with E-state index in [0.717, 1.165) is 12.8 Å². The molecule has 2 aromatic carbocycles. The normalized spacial score (nSPS) is 10.9. The largest absolute Gasteiger partial charge is 0.494 e. The number of nitro groups is 1. The van der Waals surface area contributed by atoms with Crippen molar-refractivity contribution in [3.05, 3.63) is 74.6 Å². The molecule has 1 amide bonds. The van der Waals surface area contributed by atoms with Crippen LogP contribution in [0, 0.1) is 10.1 Å². The van der Waals surface area contributed by atoms with Gasteiger partial charge in [-0.25, -0.2) is 4.79 Å². The first kappa shape index (κ1) is 25.0. The molecule has 0 spiro atoms. The molecule has 1 N–H and O–H groups in total. The van der Waals surface area contributed by atoms with E-state index in [-0.39, 0.29) is 17.0 Å². The van der Waals surface area contributed by atoms with Crippen molar-refractivity contribution in [2.75, 3.05) is 11.9 Å². The maximum absolute atomic E-state index is 12.6. The number of nitrogens with zero attached hydrogens (tertiary/aromatic N) is 1. The van der Waals surface area contributed by atoms with E-state index in [9.17, 15) is 19.7 Å². The lowest BCUT2D eigenvalue weighted by molar-refractivity contribution is -0.383. The van der Waals surface area contributed by atoms with Crippen molar-refractivity contribution < 1.29 is 18.9 Å². The van der Waals surface area contributed by atoms with Gasteiger partial charge in [-0.1, -0.05) is 64.0 Å². The van der Waals surface area contributed by atoms with Gasteiger partial charge in [0.1, 0.15) is 11.4 Å². The summed E-state index contributed by atoms with van der Waals surface area (Å²) < 4.78 is 10.9. The van der Waals surface area contributed by atoms with Crippen molar-refractivity contribution in [1.82, 2.24) is 0 Å². The fourth-order valence-corrected chi connectivity index (χ4v) is 3.68. The molecule has 8 heteroatoms. The summed E-state index contributed by atoms with van der Waals surface area (Å²) in [4.78, 5) is 35.3. The number of fused-ring (bicyclic) bond motifs is 1. The molecule has 0 bridgehead atoms. The highest BCUT2D eigenvalue weighted by molar-refractivity contribution is 6.05. The monoisotopic (exact) mass is 466 g/mol. The van der Waals surface area contributed by atoms with E-state index in [1.165, 1.54) is 56.7 Å². The molecule has 1 heterocycles. The van der Waals surface area contributed by atoms with E-state index in [1.807, 2.05) is 0 Å². The fourth-order valence-electron chi connectivity index (χ4n) is 3.68. The molecule has 3 rings (SSSR count). The summed E-state index contributed by atoms with van der Waals surface area (Å²) >= 11 is 0. The van der Waals surface area contributed by atoms with Crippen molar-refractivity contribution in [1.29, 1.82) is 0 Å². The highest BCUT2D eigenvalue weighted by Gasteiger charge is 2.17. The summed E-state index contributed by atoms with van der Waals surface area (Å²) in [5, 5.41) is 14.0. The number of para-hydroxylation sites is 1. The van der Waals surface area contributed by atoms with Crippen LogP contribution in [0.5, 0.6) is 5.75 Å². The van der Waals surface area contributed by atoms with Gasteiger partial charge in [-0.3, -0.25) is 14.9 Å². The van der Waals surface area contributed by atoms with Gasteiger partial charge in [-0.05, 0) is 36.8 Å². The van der Waals surface area contributed by atoms with Crippen molar-refractivity contribution in [2.24, 2.45) is 0 Å². The lowest BCUT2D eigenvalue weighted by Crippen LogP contribution is -2.17. The summed E-state index contributed by atoms with van der Waals surface area (Å²) in [5.74, 6) is 0.184. The smallest absolute Gasteiger partial charge is 0.360 e. The number of benzene rings is 2. The zero-order valence-corrected chi connectivity index (χ0v) is 19.4. The first-order valence-electron chi connectivity index (χ1n) is 11.7. The number of nitro benzene ring substituents is 1. The van der Waals surface area contributed by atoms with E-state index in [2.05, 4.69) is 12.2 Å². The minimum absolute atomic E-state index is 0.0898. The van der Waals surface area contributed by atoms with E-state index >= 15 is 0 Å². The number of anilines is 1. The highest BCUT2D eigenvalue weighted by Crippen LogP contribution is 2.25. The lowest BCUT2D eigenvalue weighted by atomic mass is 10.1. The maximum Gasteiger partial charge on any atom is 0.360 e. The van der Waals surface area contributed by atoms with Crippen molar-refractivity contribution in [3.8, 4) is 5.75 Å². The van der Waals surface area contributed by atoms with Gasteiger partial charge in [0.25, 0.3) is 5.91 Å². The van der Waals surface area contributed by atoms with Crippen LogP contribution in [0.4, 0.5) is 11.4 Å². The van der Waals surface area contributed by atoms with Crippen LogP contribution in [0.15, 0.2) is 57.7 Å². The predicted molar refractivity (Wildman–Crippen MR) is 132 cm³/mol. The molecule has 34 heavy (non-hydrogen) atoms. The highest BCUT2D eigenvalue weighted by atomic mass is 16.6. The van der Waals surface area contributed by atoms with Gasteiger partial charge < -0.3 is 14.5 Å². The predicted octanol–water partition coefficient (Wildman–Crippen LogP) is 6.47. The Morgan fingerprint density at radius 1 is 1.00 bits per heavy atom. The Hall–Kier alpha value is -3.68. The van der Waals surface area contributed by atoms with Gasteiger partial charge >= 0.3 is 11.3 Å². The molecule has 0 aliphatic heterocycles. The fraction of sp³-hybridized carbons (Fsp3) is 0.385. The number of rotatable bonds is 13. The zero-order chi connectivity index (χ0) is 24.3. The molecule has 0 atom stereocenters. The van der Waals surface area contributed by atoms with Crippen LogP contribution < -0.4 is 15.7 Å². The van der Waals surface area contributed by atoms with Crippen LogP contribution in [0.1, 0.15) is 68.6 Å². The first-order chi connectivity index (χ1) is 16.5. The number of hydrogen-bond donors (Lipinski definition) is 1. The number of amides is 1. The van der Waals surface area contributed by atoms with Gasteiger partial charge in [-0.15, -0.1) is 0 Å². The average Bonchev–Trinajstić information content (AvgIpc) is 2.83. The SMILES string of the molecule is CCCCCCCCCCOc1ccc(C(=O)Nc2cc3cccc([N+](=O)[O-])c3oc2=O)cc1. The molecule has 0 radical (unpaired) electrons. The van der Waals surface area contributed by atoms with Crippen LogP contribution >= 0.6 is 0 Å². The maximum atomic E-state index is 12.6. The molecular weight excluding hydrogens is 436 g/mol. The second-order valence-electron chi connectivity index (χ2n) is 8.20. The molecule has 0 unspecified atom stereocenters. The number of nitrogens with one attached hydrogen (secondary N) is 1. The average molecular weight is 467 g/mol. The quantitative estimate of drug-likeness (QED) is 0.134. The Bertz CT molecular complexity index is 1170. The second kappa shape index (κ2) is 12.5. The summed E-state index contributed by atoms with van der Waals surface area (Å²) in [6.07, 6.45) is 9.84. The number of carbonyl (C=O) groups is 1. The summed E-state index contributed by atoms with van der Waals surface area (Å²) in [6.45, 7) is 2.85. The van der Waals surface area contributed by atoms with Gasteiger partial charge in [0.05, 0.1) is 11.5 Å². The molecule has 0 saturated heterocycles. The Labute approximate surface area is 198 Å². The van der Waals surface area contributed by atoms with Crippen molar-refractivity contribution in [2.45, 2.75) is 58.3 Å². The molecule has 1 aromatic heterocycles. The van der Waals surface area contributed by atoms with E-state index < -0.39 is 16.5 Å². The van der Waals surface area contributed by atoms with Crippen LogP contribution in [0.25, 0.3) is 11.0 Å². The third-order valence-corrected chi connectivity index (χ3v) is 5.57. The van der Waals surface area contributed by atoms with Gasteiger partial charge in [0.15, 0.2) is 0 Å². The van der Waals surface area contributed by atoms with E-state index in [0.29, 0.717) is 23.3 Å². The number of non-ortho nitro benzene ring substituents is 1. The molecule has 3 aromatic rings. The topological polar surface area (TPSA) is 112 Å². The van der Waals surface area contributed by atoms with E-state index in [1.54, 1.807) is 30.3 Å². The zero-order valence-electron chi connectivity index (χ0n) is 19.4. The Morgan fingerprint density at radius 3 is 2.35 bits per heavy atom. The molecular formula is C26H30N2O6. The summed E-state index contributed by atoms with van der Waals surface area (Å²) in [5.41, 5.74) is -1.05. The number of unbranched alkanes of at least 4 members (excludes halogenated alkanes) is 7. The van der Waals surface area contributed by atoms with Crippen LogP contribution in [0.3, 0.4) is 0 Å². The molecule has 180 valence electrons. The van der Waals surface area contributed by atoms with Gasteiger partial charge in [-0.2, -0.15) is 0 Å². The van der Waals surface area contributed by atoms with Crippen LogP contribution in [-0.4, -0.2) is 17.4 Å². The lowest BCUT2D eigenvalue weighted by Gasteiger charge is -2.08.